The van der Waals surface area contributed by atoms with Crippen molar-refractivity contribution in [3.8, 4) is 5.75 Å². The Hall–Kier alpha value is -2.21. The van der Waals surface area contributed by atoms with Crippen LogP contribution in [0.2, 0.25) is 0 Å². The molecule has 2 heterocycles. The number of aromatic nitrogens is 1. The standard InChI is InChI=1S/C19H27N3O3/c1-13(23)11-15-5-4-10-22(15)19(24)20-9-8-14-12-21-16-6-3-7-17(25-2)18(14)16/h3,6-7,12-13,15,21,23H,4-5,8-11H2,1-2H3,(H,20,24). The van der Waals surface area contributed by atoms with Crippen molar-refractivity contribution in [2.45, 2.75) is 44.8 Å². The summed E-state index contributed by atoms with van der Waals surface area (Å²) in [5.74, 6) is 0.844. The first-order valence-electron chi connectivity index (χ1n) is 8.95. The van der Waals surface area contributed by atoms with Gasteiger partial charge in [-0.05, 0) is 50.3 Å². The lowest BCUT2D eigenvalue weighted by Gasteiger charge is -2.26. The van der Waals surface area contributed by atoms with Crippen LogP contribution in [0, 0.1) is 0 Å². The molecule has 136 valence electrons. The molecule has 0 saturated carbocycles. The fourth-order valence-electron chi connectivity index (χ4n) is 3.73. The number of aliphatic hydroxyl groups excluding tert-OH is 1. The number of amides is 2. The molecule has 0 bridgehead atoms. The van der Waals surface area contributed by atoms with Gasteiger partial charge < -0.3 is 25.0 Å². The Morgan fingerprint density at radius 2 is 2.36 bits per heavy atom. The second-order valence-corrected chi connectivity index (χ2v) is 6.75. The summed E-state index contributed by atoms with van der Waals surface area (Å²) in [6.45, 7) is 3.12. The predicted octanol–water partition coefficient (Wildman–Crippen LogP) is 2.66. The van der Waals surface area contributed by atoms with Gasteiger partial charge in [0.05, 0.1) is 13.2 Å². The number of carbonyl (C=O) groups is 1. The highest BCUT2D eigenvalue weighted by molar-refractivity contribution is 5.89. The zero-order chi connectivity index (χ0) is 17.8. The highest BCUT2D eigenvalue weighted by Gasteiger charge is 2.29. The van der Waals surface area contributed by atoms with Crippen LogP contribution in [0.3, 0.4) is 0 Å². The lowest BCUT2D eigenvalue weighted by atomic mass is 10.1. The summed E-state index contributed by atoms with van der Waals surface area (Å²) < 4.78 is 5.45. The number of methoxy groups -OCH3 is 1. The molecule has 2 unspecified atom stereocenters. The Balaban J connectivity index is 1.59. The maximum Gasteiger partial charge on any atom is 0.317 e. The van der Waals surface area contributed by atoms with Gasteiger partial charge in [0, 0.05) is 36.2 Å². The Morgan fingerprint density at radius 1 is 1.52 bits per heavy atom. The van der Waals surface area contributed by atoms with Crippen molar-refractivity contribution in [2.24, 2.45) is 0 Å². The molecule has 1 aliphatic heterocycles. The molecule has 6 nitrogen and oxygen atoms in total. The molecule has 0 aliphatic carbocycles. The topological polar surface area (TPSA) is 77.6 Å². The van der Waals surface area contributed by atoms with E-state index in [-0.39, 0.29) is 18.2 Å². The van der Waals surface area contributed by atoms with Crippen LogP contribution in [-0.4, -0.2) is 53.4 Å². The lowest BCUT2D eigenvalue weighted by Crippen LogP contribution is -2.44. The molecule has 25 heavy (non-hydrogen) atoms. The summed E-state index contributed by atoms with van der Waals surface area (Å²) in [6, 6.07) is 6.04. The monoisotopic (exact) mass is 345 g/mol. The molecule has 1 fully saturated rings. The van der Waals surface area contributed by atoms with Crippen molar-refractivity contribution in [1.82, 2.24) is 15.2 Å². The molecular weight excluding hydrogens is 318 g/mol. The molecule has 2 amide bonds. The summed E-state index contributed by atoms with van der Waals surface area (Å²) in [5.41, 5.74) is 2.17. The number of hydrogen-bond donors (Lipinski definition) is 3. The van der Waals surface area contributed by atoms with Crippen LogP contribution in [0.5, 0.6) is 5.75 Å². The largest absolute Gasteiger partial charge is 0.496 e. The van der Waals surface area contributed by atoms with Crippen LogP contribution in [0.15, 0.2) is 24.4 Å². The van der Waals surface area contributed by atoms with E-state index in [2.05, 4.69) is 10.3 Å². The highest BCUT2D eigenvalue weighted by Crippen LogP contribution is 2.28. The van der Waals surface area contributed by atoms with Gasteiger partial charge in [-0.15, -0.1) is 0 Å². The normalized spacial score (nSPS) is 18.5. The maximum atomic E-state index is 12.5. The van der Waals surface area contributed by atoms with Crippen LogP contribution in [0.4, 0.5) is 4.79 Å². The molecule has 6 heteroatoms. The summed E-state index contributed by atoms with van der Waals surface area (Å²) in [7, 11) is 1.67. The molecular formula is C19H27N3O3. The fraction of sp³-hybridized carbons (Fsp3) is 0.526. The SMILES string of the molecule is COc1cccc2[nH]cc(CCNC(=O)N3CCCC3CC(C)O)c12. The average Bonchev–Trinajstić information content (AvgIpc) is 3.21. The Morgan fingerprint density at radius 3 is 3.12 bits per heavy atom. The first kappa shape index (κ1) is 17.6. The number of aromatic amines is 1. The summed E-state index contributed by atoms with van der Waals surface area (Å²) >= 11 is 0. The number of H-pyrrole nitrogens is 1. The Labute approximate surface area is 148 Å². The van der Waals surface area contributed by atoms with Gasteiger partial charge in [-0.1, -0.05) is 6.07 Å². The first-order valence-corrected chi connectivity index (χ1v) is 8.95. The van der Waals surface area contributed by atoms with E-state index in [0.717, 1.165) is 48.0 Å². The smallest absolute Gasteiger partial charge is 0.317 e. The van der Waals surface area contributed by atoms with E-state index in [0.29, 0.717) is 13.0 Å². The molecule has 3 rings (SSSR count). The van der Waals surface area contributed by atoms with Gasteiger partial charge in [0.2, 0.25) is 0 Å². The van der Waals surface area contributed by atoms with Crippen LogP contribution in [-0.2, 0) is 6.42 Å². The van der Waals surface area contributed by atoms with Gasteiger partial charge in [0.25, 0.3) is 0 Å². The van der Waals surface area contributed by atoms with E-state index in [1.807, 2.05) is 29.3 Å². The third-order valence-electron chi connectivity index (χ3n) is 4.89. The minimum absolute atomic E-state index is 0.0324. The third kappa shape index (κ3) is 3.90. The summed E-state index contributed by atoms with van der Waals surface area (Å²) in [4.78, 5) is 17.6. The first-order chi connectivity index (χ1) is 12.1. The second-order valence-electron chi connectivity index (χ2n) is 6.75. The van der Waals surface area contributed by atoms with Gasteiger partial charge in [-0.3, -0.25) is 0 Å². The van der Waals surface area contributed by atoms with Crippen LogP contribution in [0.25, 0.3) is 10.9 Å². The van der Waals surface area contributed by atoms with E-state index in [1.54, 1.807) is 14.0 Å². The van der Waals surface area contributed by atoms with Gasteiger partial charge in [0.1, 0.15) is 5.75 Å². The number of aliphatic hydroxyl groups is 1. The molecule has 1 aromatic heterocycles. The maximum absolute atomic E-state index is 12.5. The van der Waals surface area contributed by atoms with Crippen molar-refractivity contribution >= 4 is 16.9 Å². The number of benzene rings is 1. The van der Waals surface area contributed by atoms with Gasteiger partial charge in [-0.25, -0.2) is 4.79 Å². The van der Waals surface area contributed by atoms with Gasteiger partial charge in [-0.2, -0.15) is 0 Å². The van der Waals surface area contributed by atoms with Crippen molar-refractivity contribution in [3.05, 3.63) is 30.0 Å². The quantitative estimate of drug-likeness (QED) is 0.753. The molecule has 3 N–H and O–H groups in total. The Kier molecular flexibility index (Phi) is 5.48. The van der Waals surface area contributed by atoms with Crippen LogP contribution < -0.4 is 10.1 Å². The van der Waals surface area contributed by atoms with E-state index < -0.39 is 0 Å². The molecule has 1 aliphatic rings. The zero-order valence-corrected chi connectivity index (χ0v) is 14.9. The lowest BCUT2D eigenvalue weighted by molar-refractivity contribution is 0.138. The van der Waals surface area contributed by atoms with Crippen molar-refractivity contribution in [2.75, 3.05) is 20.2 Å². The molecule has 2 aromatic rings. The number of urea groups is 1. The number of hydrogen-bond acceptors (Lipinski definition) is 3. The molecule has 0 radical (unpaired) electrons. The number of ether oxygens (including phenoxy) is 1. The van der Waals surface area contributed by atoms with Crippen molar-refractivity contribution < 1.29 is 14.6 Å². The minimum Gasteiger partial charge on any atom is -0.496 e. The van der Waals surface area contributed by atoms with Crippen LogP contribution >= 0.6 is 0 Å². The third-order valence-corrected chi connectivity index (χ3v) is 4.89. The number of likely N-dealkylation sites (tertiary alicyclic amines) is 1. The van der Waals surface area contributed by atoms with Gasteiger partial charge in [0.15, 0.2) is 0 Å². The highest BCUT2D eigenvalue weighted by atomic mass is 16.5. The molecule has 1 aromatic carbocycles. The van der Waals surface area contributed by atoms with E-state index >= 15 is 0 Å². The number of rotatable bonds is 6. The van der Waals surface area contributed by atoms with Crippen LogP contribution in [0.1, 0.15) is 31.7 Å². The fourth-order valence-corrected chi connectivity index (χ4v) is 3.73. The van der Waals surface area contributed by atoms with E-state index in [9.17, 15) is 9.90 Å². The number of nitrogens with zero attached hydrogens (tertiary/aromatic N) is 1. The molecule has 2 atom stereocenters. The van der Waals surface area contributed by atoms with E-state index in [1.165, 1.54) is 0 Å². The molecule has 1 saturated heterocycles. The van der Waals surface area contributed by atoms with Crippen molar-refractivity contribution in [1.29, 1.82) is 0 Å². The van der Waals surface area contributed by atoms with E-state index in [4.69, 9.17) is 4.74 Å². The van der Waals surface area contributed by atoms with Crippen molar-refractivity contribution in [3.63, 3.8) is 0 Å². The Bertz CT molecular complexity index is 726. The predicted molar refractivity (Wildman–Crippen MR) is 98.0 cm³/mol. The second kappa shape index (κ2) is 7.78. The summed E-state index contributed by atoms with van der Waals surface area (Å²) in [6.07, 6.45) is 4.96. The van der Waals surface area contributed by atoms with Gasteiger partial charge >= 0.3 is 6.03 Å². The molecule has 0 spiro atoms. The number of carbonyl (C=O) groups excluding carboxylic acids is 1. The zero-order valence-electron chi connectivity index (χ0n) is 14.9. The summed E-state index contributed by atoms with van der Waals surface area (Å²) in [5, 5.41) is 13.7. The number of nitrogens with one attached hydrogen (secondary N) is 2. The number of fused-ring (bicyclic) bond motifs is 1. The minimum atomic E-state index is -0.378. The average molecular weight is 345 g/mol.